The molecular formula is C33H48N6. The van der Waals surface area contributed by atoms with Crippen LogP contribution in [0.1, 0.15) is 58.3 Å². The highest BCUT2D eigenvalue weighted by Gasteiger charge is 2.18. The van der Waals surface area contributed by atoms with E-state index in [-0.39, 0.29) is 0 Å². The normalized spacial score (nSPS) is 15.2. The summed E-state index contributed by atoms with van der Waals surface area (Å²) < 4.78 is 0. The first-order valence-electron chi connectivity index (χ1n) is 13.9. The molecule has 6 nitrogen and oxygen atoms in total. The van der Waals surface area contributed by atoms with Crippen molar-refractivity contribution in [2.45, 2.75) is 47.0 Å². The standard InChI is InChI=1S/C26H36N4.C5H6N2.C2H6/c1-19(22-13-16-30(6)17-14-22)10-9-15-27-26(29(4)5)21(3)20(2)25-18-23-11-7-8-12-24(23)28-25;1-2-5-3-6-4-7-5;1-2/h7-9,11-12,15,18,22,28H,1,10,13-14,16-17H2,2-6H3;2-4H,1H2,(H,6,7);1-2H3/b15-9-,21-20-,27-26-;;. The predicted molar refractivity (Wildman–Crippen MR) is 171 cm³/mol. The van der Waals surface area contributed by atoms with E-state index in [9.17, 15) is 0 Å². The number of fused-ring (bicyclic) bond motifs is 1. The molecule has 1 aliphatic heterocycles. The first kappa shape index (κ1) is 31.6. The molecule has 3 aromatic rings. The molecule has 0 radical (unpaired) electrons. The maximum atomic E-state index is 4.79. The molecule has 0 amide bonds. The van der Waals surface area contributed by atoms with Gasteiger partial charge in [0.2, 0.25) is 0 Å². The number of aliphatic imine (C=N–C) groups is 1. The molecule has 0 bridgehead atoms. The minimum atomic E-state index is 0.647. The minimum absolute atomic E-state index is 0.647. The lowest BCUT2D eigenvalue weighted by Gasteiger charge is -2.29. The summed E-state index contributed by atoms with van der Waals surface area (Å²) >= 11 is 0. The number of hydrogen-bond donors (Lipinski definition) is 2. The molecule has 1 fully saturated rings. The fourth-order valence-electron chi connectivity index (χ4n) is 4.48. The number of aromatic nitrogens is 3. The maximum Gasteiger partial charge on any atom is 0.131 e. The van der Waals surface area contributed by atoms with E-state index in [1.807, 2.05) is 34.1 Å². The van der Waals surface area contributed by atoms with E-state index in [0.717, 1.165) is 29.2 Å². The molecular weight excluding hydrogens is 480 g/mol. The highest BCUT2D eigenvalue weighted by Crippen LogP contribution is 2.26. The number of aromatic amines is 2. The van der Waals surface area contributed by atoms with Gasteiger partial charge in [-0.1, -0.05) is 56.9 Å². The van der Waals surface area contributed by atoms with Gasteiger partial charge in [-0.05, 0) is 93.9 Å². The molecule has 6 heteroatoms. The highest BCUT2D eigenvalue weighted by molar-refractivity contribution is 6.04. The summed E-state index contributed by atoms with van der Waals surface area (Å²) in [6.45, 7) is 18.5. The summed E-state index contributed by atoms with van der Waals surface area (Å²) in [6.07, 6.45) is 12.5. The lowest BCUT2D eigenvalue weighted by molar-refractivity contribution is 0.237. The average molecular weight is 529 g/mol. The summed E-state index contributed by atoms with van der Waals surface area (Å²) in [4.78, 5) is 19.4. The van der Waals surface area contributed by atoms with E-state index in [4.69, 9.17) is 4.99 Å². The lowest BCUT2D eigenvalue weighted by Crippen LogP contribution is -2.30. The van der Waals surface area contributed by atoms with Crippen LogP contribution in [-0.4, -0.2) is 64.8 Å². The Kier molecular flexibility index (Phi) is 13.2. The zero-order chi connectivity index (χ0) is 28.8. The van der Waals surface area contributed by atoms with Crippen LogP contribution in [-0.2, 0) is 0 Å². The summed E-state index contributed by atoms with van der Waals surface area (Å²) in [5.74, 6) is 1.63. The smallest absolute Gasteiger partial charge is 0.131 e. The average Bonchev–Trinajstić information content (AvgIpc) is 3.64. The van der Waals surface area contributed by atoms with Crippen molar-refractivity contribution in [1.82, 2.24) is 24.8 Å². The van der Waals surface area contributed by atoms with Crippen molar-refractivity contribution in [3.8, 4) is 0 Å². The van der Waals surface area contributed by atoms with E-state index >= 15 is 0 Å². The number of benzene rings is 1. The van der Waals surface area contributed by atoms with Gasteiger partial charge in [-0.3, -0.25) is 0 Å². The Morgan fingerprint density at radius 1 is 1.18 bits per heavy atom. The number of piperidine rings is 1. The molecule has 0 atom stereocenters. The van der Waals surface area contributed by atoms with Crippen LogP contribution >= 0.6 is 0 Å². The van der Waals surface area contributed by atoms with E-state index < -0.39 is 0 Å². The van der Waals surface area contributed by atoms with Gasteiger partial charge < -0.3 is 19.8 Å². The van der Waals surface area contributed by atoms with Gasteiger partial charge >= 0.3 is 0 Å². The van der Waals surface area contributed by atoms with Crippen molar-refractivity contribution in [3.05, 3.63) is 90.8 Å². The van der Waals surface area contributed by atoms with Gasteiger partial charge in [0, 0.05) is 31.5 Å². The van der Waals surface area contributed by atoms with Crippen molar-refractivity contribution in [2.75, 3.05) is 34.2 Å². The summed E-state index contributed by atoms with van der Waals surface area (Å²) in [5.41, 5.74) is 6.98. The van der Waals surface area contributed by atoms with Crippen LogP contribution in [0.25, 0.3) is 22.6 Å². The molecule has 0 aliphatic carbocycles. The molecule has 2 N–H and O–H groups in total. The number of H-pyrrole nitrogens is 2. The van der Waals surface area contributed by atoms with Gasteiger partial charge in [-0.25, -0.2) is 9.98 Å². The number of nitrogens with zero attached hydrogens (tertiary/aromatic N) is 4. The Balaban J connectivity index is 0.000000507. The first-order chi connectivity index (χ1) is 18.8. The second kappa shape index (κ2) is 16.4. The Bertz CT molecular complexity index is 1220. The number of hydrogen-bond acceptors (Lipinski definition) is 3. The van der Waals surface area contributed by atoms with Crippen molar-refractivity contribution in [1.29, 1.82) is 0 Å². The number of allylic oxidation sites excluding steroid dienone is 3. The zero-order valence-electron chi connectivity index (χ0n) is 25.1. The summed E-state index contributed by atoms with van der Waals surface area (Å²) in [7, 11) is 6.29. The molecule has 1 aliphatic rings. The van der Waals surface area contributed by atoms with Gasteiger partial charge in [0.15, 0.2) is 0 Å². The van der Waals surface area contributed by atoms with Gasteiger partial charge in [0.05, 0.1) is 18.2 Å². The minimum Gasteiger partial charge on any atom is -0.363 e. The van der Waals surface area contributed by atoms with Gasteiger partial charge in [0.1, 0.15) is 5.84 Å². The van der Waals surface area contributed by atoms with Gasteiger partial charge in [0.25, 0.3) is 0 Å². The molecule has 0 spiro atoms. The number of likely N-dealkylation sites (tertiary alicyclic amines) is 1. The first-order valence-corrected chi connectivity index (χ1v) is 13.9. The molecule has 4 rings (SSSR count). The van der Waals surface area contributed by atoms with Crippen molar-refractivity contribution < 1.29 is 0 Å². The van der Waals surface area contributed by atoms with E-state index in [1.54, 1.807) is 18.6 Å². The van der Waals surface area contributed by atoms with Gasteiger partial charge in [-0.2, -0.15) is 0 Å². The van der Waals surface area contributed by atoms with Crippen LogP contribution < -0.4 is 0 Å². The van der Waals surface area contributed by atoms with Crippen LogP contribution in [0.2, 0.25) is 0 Å². The zero-order valence-corrected chi connectivity index (χ0v) is 25.1. The van der Waals surface area contributed by atoms with Crippen LogP contribution in [0.4, 0.5) is 0 Å². The van der Waals surface area contributed by atoms with Crippen molar-refractivity contribution >= 4 is 28.4 Å². The van der Waals surface area contributed by atoms with E-state index in [1.165, 1.54) is 48.0 Å². The van der Waals surface area contributed by atoms with Gasteiger partial charge in [-0.15, -0.1) is 0 Å². The predicted octanol–water partition coefficient (Wildman–Crippen LogP) is 7.80. The molecule has 210 valence electrons. The van der Waals surface area contributed by atoms with E-state index in [0.29, 0.717) is 5.92 Å². The number of likely N-dealkylation sites (N-methyl/N-ethyl adjacent to an activating group) is 1. The summed E-state index contributed by atoms with van der Waals surface area (Å²) in [6, 6.07) is 10.6. The Morgan fingerprint density at radius 2 is 1.87 bits per heavy atom. The maximum absolute atomic E-state index is 4.79. The lowest BCUT2D eigenvalue weighted by atomic mass is 9.88. The third kappa shape index (κ3) is 9.56. The Morgan fingerprint density at radius 3 is 2.44 bits per heavy atom. The number of rotatable bonds is 7. The fraction of sp³-hybridized carbons (Fsp3) is 0.394. The van der Waals surface area contributed by atoms with Crippen LogP contribution in [0.3, 0.4) is 0 Å². The molecule has 3 heterocycles. The Labute approximate surface area is 235 Å². The fourth-order valence-corrected chi connectivity index (χ4v) is 4.48. The number of amidine groups is 1. The molecule has 1 saturated heterocycles. The monoisotopic (exact) mass is 528 g/mol. The highest BCUT2D eigenvalue weighted by atomic mass is 15.1. The molecule has 2 aromatic heterocycles. The van der Waals surface area contributed by atoms with Crippen LogP contribution in [0, 0.1) is 5.92 Å². The number of imidazole rings is 1. The third-order valence-electron chi connectivity index (χ3n) is 6.97. The molecule has 39 heavy (non-hydrogen) atoms. The topological polar surface area (TPSA) is 63.3 Å². The molecule has 0 unspecified atom stereocenters. The number of nitrogens with one attached hydrogen (secondary N) is 2. The second-order valence-corrected chi connectivity index (χ2v) is 9.90. The van der Waals surface area contributed by atoms with Crippen molar-refractivity contribution in [2.24, 2.45) is 10.9 Å². The molecule has 0 saturated carbocycles. The van der Waals surface area contributed by atoms with Crippen LogP contribution in [0.5, 0.6) is 0 Å². The van der Waals surface area contributed by atoms with Crippen LogP contribution in [0.15, 0.2) is 84.4 Å². The van der Waals surface area contributed by atoms with E-state index in [2.05, 4.69) is 95.2 Å². The quantitative estimate of drug-likeness (QED) is 0.187. The second-order valence-electron chi connectivity index (χ2n) is 9.90. The summed E-state index contributed by atoms with van der Waals surface area (Å²) in [5, 5.41) is 1.23. The SMILES string of the molecule is C=C(C\C=C/N=C(/C(C)=C(/C)c1cc2ccccc2[nH]1)N(C)C)C1CCN(C)CC1.C=Cc1cnc[nH]1.CC. The number of para-hydroxylation sites is 1. The van der Waals surface area contributed by atoms with Crippen molar-refractivity contribution in [3.63, 3.8) is 0 Å². The largest absolute Gasteiger partial charge is 0.363 e. The molecule has 1 aromatic carbocycles. The third-order valence-corrected chi connectivity index (χ3v) is 6.97. The Hall–Kier alpha value is -3.64.